The van der Waals surface area contributed by atoms with Gasteiger partial charge in [0.1, 0.15) is 11.6 Å². The van der Waals surface area contributed by atoms with Crippen molar-refractivity contribution in [1.82, 2.24) is 0 Å². The van der Waals surface area contributed by atoms with Gasteiger partial charge in [0.2, 0.25) is 0 Å². The third-order valence-electron chi connectivity index (χ3n) is 4.20. The molecule has 0 amide bonds. The molecule has 0 radical (unpaired) electrons. The topological polar surface area (TPSA) is 61.1 Å². The van der Waals surface area contributed by atoms with Crippen LogP contribution in [0.15, 0.2) is 90.5 Å². The predicted molar refractivity (Wildman–Crippen MR) is 101 cm³/mol. The molecule has 3 heteroatoms. The van der Waals surface area contributed by atoms with E-state index < -0.39 is 5.97 Å². The number of hydrogen-bond acceptors (Lipinski definition) is 2. The van der Waals surface area contributed by atoms with Crippen molar-refractivity contribution in [3.8, 4) is 6.07 Å². The van der Waals surface area contributed by atoms with E-state index >= 15 is 0 Å². The monoisotopic (exact) mass is 339 g/mol. The highest BCUT2D eigenvalue weighted by Gasteiger charge is 2.16. The first-order valence-electron chi connectivity index (χ1n) is 8.24. The molecular formula is C23H17NO2. The van der Waals surface area contributed by atoms with E-state index in [1.807, 2.05) is 60.7 Å². The van der Waals surface area contributed by atoms with E-state index in [2.05, 4.69) is 24.3 Å². The van der Waals surface area contributed by atoms with Crippen molar-refractivity contribution in [3.05, 3.63) is 113 Å². The summed E-state index contributed by atoms with van der Waals surface area (Å²) in [5, 5.41) is 17.9. The average molecular weight is 339 g/mol. The van der Waals surface area contributed by atoms with Crippen LogP contribution in [0.1, 0.15) is 28.2 Å². The van der Waals surface area contributed by atoms with Crippen LogP contribution in [0.2, 0.25) is 0 Å². The minimum Gasteiger partial charge on any atom is -0.477 e. The SMILES string of the molecule is N#CC(=Cc1ccc(C(c2ccccc2)c2ccccc2)cc1)C(=O)O. The standard InChI is InChI=1S/C23H17NO2/c24-16-21(23(25)26)15-17-11-13-20(14-12-17)22(18-7-3-1-4-8-18)19-9-5-2-6-10-19/h1-15,22H,(H,25,26). The molecule has 0 saturated carbocycles. The molecule has 0 unspecified atom stereocenters. The van der Waals surface area contributed by atoms with Crippen molar-refractivity contribution in [2.75, 3.05) is 0 Å². The lowest BCUT2D eigenvalue weighted by molar-refractivity contribution is -0.132. The first kappa shape index (κ1) is 17.2. The molecule has 0 fully saturated rings. The van der Waals surface area contributed by atoms with Gasteiger partial charge in [-0.05, 0) is 28.3 Å². The highest BCUT2D eigenvalue weighted by molar-refractivity contribution is 5.96. The van der Waals surface area contributed by atoms with Crippen molar-refractivity contribution in [1.29, 1.82) is 5.26 Å². The molecule has 1 N–H and O–H groups in total. The maximum atomic E-state index is 11.0. The Labute approximate surface area is 152 Å². The Bertz CT molecular complexity index is 913. The summed E-state index contributed by atoms with van der Waals surface area (Å²) in [6, 6.07) is 29.8. The van der Waals surface area contributed by atoms with Crippen LogP contribution in [0.3, 0.4) is 0 Å². The molecule has 0 aromatic heterocycles. The van der Waals surface area contributed by atoms with Gasteiger partial charge in [0, 0.05) is 5.92 Å². The fourth-order valence-corrected chi connectivity index (χ4v) is 2.96. The summed E-state index contributed by atoms with van der Waals surface area (Å²) in [7, 11) is 0. The van der Waals surface area contributed by atoms with Crippen LogP contribution in [-0.4, -0.2) is 11.1 Å². The second kappa shape index (κ2) is 7.96. The van der Waals surface area contributed by atoms with Gasteiger partial charge in [0.25, 0.3) is 0 Å². The minimum absolute atomic E-state index is 0.0883. The number of benzene rings is 3. The number of aliphatic carboxylic acids is 1. The summed E-state index contributed by atoms with van der Waals surface area (Å²) >= 11 is 0. The van der Waals surface area contributed by atoms with E-state index in [-0.39, 0.29) is 11.5 Å². The van der Waals surface area contributed by atoms with Gasteiger partial charge in [-0.15, -0.1) is 0 Å². The molecular weight excluding hydrogens is 322 g/mol. The second-order valence-electron chi connectivity index (χ2n) is 5.90. The Kier molecular flexibility index (Phi) is 5.26. The quantitative estimate of drug-likeness (QED) is 0.410. The number of carboxylic acid groups (broad SMARTS) is 1. The van der Waals surface area contributed by atoms with Crippen molar-refractivity contribution in [2.45, 2.75) is 5.92 Å². The molecule has 3 nitrogen and oxygen atoms in total. The zero-order chi connectivity index (χ0) is 18.4. The van der Waals surface area contributed by atoms with Gasteiger partial charge in [0.15, 0.2) is 0 Å². The summed E-state index contributed by atoms with van der Waals surface area (Å²) in [5.41, 5.74) is 3.89. The summed E-state index contributed by atoms with van der Waals surface area (Å²) < 4.78 is 0. The lowest BCUT2D eigenvalue weighted by Crippen LogP contribution is -2.03. The van der Waals surface area contributed by atoms with Gasteiger partial charge in [-0.25, -0.2) is 4.79 Å². The molecule has 0 aliphatic rings. The van der Waals surface area contributed by atoms with Gasteiger partial charge in [-0.3, -0.25) is 0 Å². The predicted octanol–water partition coefficient (Wildman–Crippen LogP) is 4.86. The number of carbonyl (C=O) groups is 1. The van der Waals surface area contributed by atoms with E-state index in [0.29, 0.717) is 5.56 Å². The van der Waals surface area contributed by atoms with Gasteiger partial charge in [-0.1, -0.05) is 84.9 Å². The van der Waals surface area contributed by atoms with Gasteiger partial charge < -0.3 is 5.11 Å². The third-order valence-corrected chi connectivity index (χ3v) is 4.20. The van der Waals surface area contributed by atoms with E-state index in [4.69, 9.17) is 10.4 Å². The zero-order valence-corrected chi connectivity index (χ0v) is 14.0. The van der Waals surface area contributed by atoms with Crippen molar-refractivity contribution < 1.29 is 9.90 Å². The van der Waals surface area contributed by atoms with Crippen LogP contribution in [-0.2, 0) is 4.79 Å². The van der Waals surface area contributed by atoms with Crippen LogP contribution >= 0.6 is 0 Å². The lowest BCUT2D eigenvalue weighted by Gasteiger charge is -2.19. The Hall–Kier alpha value is -3.64. The van der Waals surface area contributed by atoms with E-state index in [1.165, 1.54) is 17.2 Å². The number of carboxylic acids is 1. The van der Waals surface area contributed by atoms with Crippen molar-refractivity contribution >= 4 is 12.0 Å². The number of hydrogen-bond donors (Lipinski definition) is 1. The lowest BCUT2D eigenvalue weighted by atomic mass is 9.85. The molecule has 0 heterocycles. The molecule has 0 saturated heterocycles. The Morgan fingerprint density at radius 3 is 1.69 bits per heavy atom. The van der Waals surface area contributed by atoms with E-state index in [1.54, 1.807) is 6.07 Å². The maximum absolute atomic E-state index is 11.0. The largest absolute Gasteiger partial charge is 0.477 e. The van der Waals surface area contributed by atoms with Gasteiger partial charge >= 0.3 is 5.97 Å². The number of nitrogens with zero attached hydrogens (tertiary/aromatic N) is 1. The van der Waals surface area contributed by atoms with Crippen molar-refractivity contribution in [3.63, 3.8) is 0 Å². The highest BCUT2D eigenvalue weighted by atomic mass is 16.4. The molecule has 0 atom stereocenters. The first-order chi connectivity index (χ1) is 12.7. The molecule has 126 valence electrons. The number of rotatable bonds is 5. The van der Waals surface area contributed by atoms with Crippen molar-refractivity contribution in [2.24, 2.45) is 0 Å². The summed E-state index contributed by atoms with van der Waals surface area (Å²) in [5.74, 6) is -1.13. The summed E-state index contributed by atoms with van der Waals surface area (Å²) in [6.07, 6.45) is 1.38. The fraction of sp³-hybridized carbons (Fsp3) is 0.0435. The van der Waals surface area contributed by atoms with Crippen LogP contribution < -0.4 is 0 Å². The Morgan fingerprint density at radius 1 is 0.808 bits per heavy atom. The van der Waals surface area contributed by atoms with E-state index in [0.717, 1.165) is 5.56 Å². The maximum Gasteiger partial charge on any atom is 0.346 e. The minimum atomic E-state index is -1.22. The molecule has 0 aliphatic carbocycles. The molecule has 3 rings (SSSR count). The van der Waals surface area contributed by atoms with Gasteiger partial charge in [0.05, 0.1) is 0 Å². The Balaban J connectivity index is 2.01. The van der Waals surface area contributed by atoms with Crippen LogP contribution in [0.25, 0.3) is 6.08 Å². The normalized spacial score (nSPS) is 11.2. The molecule has 3 aromatic rings. The molecule has 26 heavy (non-hydrogen) atoms. The smallest absolute Gasteiger partial charge is 0.346 e. The molecule has 3 aromatic carbocycles. The molecule has 0 spiro atoms. The molecule has 0 aliphatic heterocycles. The second-order valence-corrected chi connectivity index (χ2v) is 5.90. The molecule has 0 bridgehead atoms. The third kappa shape index (κ3) is 3.88. The Morgan fingerprint density at radius 2 is 1.27 bits per heavy atom. The fourth-order valence-electron chi connectivity index (χ4n) is 2.96. The summed E-state index contributed by atoms with van der Waals surface area (Å²) in [4.78, 5) is 11.0. The van der Waals surface area contributed by atoms with Gasteiger partial charge in [-0.2, -0.15) is 5.26 Å². The summed E-state index contributed by atoms with van der Waals surface area (Å²) in [6.45, 7) is 0. The van der Waals surface area contributed by atoms with Crippen LogP contribution in [0.5, 0.6) is 0 Å². The van der Waals surface area contributed by atoms with E-state index in [9.17, 15) is 4.79 Å². The first-order valence-corrected chi connectivity index (χ1v) is 8.24. The van der Waals surface area contributed by atoms with Crippen LogP contribution in [0, 0.1) is 11.3 Å². The van der Waals surface area contributed by atoms with Crippen LogP contribution in [0.4, 0.5) is 0 Å². The number of nitriles is 1. The zero-order valence-electron chi connectivity index (χ0n) is 14.0. The average Bonchev–Trinajstić information content (AvgIpc) is 2.69. The highest BCUT2D eigenvalue weighted by Crippen LogP contribution is 2.32.